The largest absolute Gasteiger partial charge is 0.463 e. The Hall–Kier alpha value is -3.33. The van der Waals surface area contributed by atoms with Gasteiger partial charge in [-0.15, -0.1) is 6.42 Å². The highest BCUT2D eigenvalue weighted by Crippen LogP contribution is 2.28. The number of amides is 2. The third-order valence-electron chi connectivity index (χ3n) is 5.31. The van der Waals surface area contributed by atoms with E-state index in [0.717, 1.165) is 13.8 Å². The van der Waals surface area contributed by atoms with Crippen molar-refractivity contribution in [3.63, 3.8) is 0 Å². The molecule has 1 fully saturated rings. The van der Waals surface area contributed by atoms with Crippen LogP contribution in [-0.4, -0.2) is 133 Å². The summed E-state index contributed by atoms with van der Waals surface area (Å²) in [6.07, 6.45) is 0.362. The van der Waals surface area contributed by atoms with Gasteiger partial charge in [-0.05, 0) is 0 Å². The zero-order valence-electron chi connectivity index (χ0n) is 25.0. The minimum atomic E-state index is -1.22. The molecule has 0 aliphatic carbocycles. The Morgan fingerprint density at radius 2 is 1.37 bits per heavy atom. The molecule has 1 aliphatic rings. The summed E-state index contributed by atoms with van der Waals surface area (Å²) in [5.74, 6) is -0.494. The number of terminal acetylenes is 1. The molecule has 2 amide bonds. The molecular weight excluding hydrogens is 576 g/mol. The van der Waals surface area contributed by atoms with Crippen LogP contribution in [0.25, 0.3) is 0 Å². The van der Waals surface area contributed by atoms with Crippen LogP contribution in [0.1, 0.15) is 27.7 Å². The summed E-state index contributed by atoms with van der Waals surface area (Å²) in [5, 5.41) is 5.25. The van der Waals surface area contributed by atoms with Gasteiger partial charge in [0.25, 0.3) is 0 Å². The van der Waals surface area contributed by atoms with Crippen LogP contribution in [0.5, 0.6) is 0 Å². The maximum Gasteiger partial charge on any atom is 0.303 e. The third-order valence-corrected chi connectivity index (χ3v) is 5.31. The molecule has 43 heavy (non-hydrogen) atoms. The van der Waals surface area contributed by atoms with E-state index in [4.69, 9.17) is 49.1 Å². The first kappa shape index (κ1) is 37.7. The van der Waals surface area contributed by atoms with Crippen molar-refractivity contribution < 1.29 is 66.6 Å². The van der Waals surface area contributed by atoms with Gasteiger partial charge in [0.15, 0.2) is 18.5 Å². The minimum absolute atomic E-state index is 0.0275. The highest BCUT2D eigenvalue weighted by atomic mass is 16.7. The van der Waals surface area contributed by atoms with Crippen molar-refractivity contribution in [2.75, 3.05) is 72.6 Å². The molecule has 0 spiro atoms. The van der Waals surface area contributed by atoms with E-state index < -0.39 is 54.5 Å². The second-order valence-corrected chi connectivity index (χ2v) is 8.97. The lowest BCUT2D eigenvalue weighted by Gasteiger charge is -2.44. The van der Waals surface area contributed by atoms with E-state index >= 15 is 0 Å². The Labute approximate surface area is 250 Å². The molecule has 16 heteroatoms. The van der Waals surface area contributed by atoms with Crippen molar-refractivity contribution in [1.82, 2.24) is 10.6 Å². The van der Waals surface area contributed by atoms with Gasteiger partial charge in [-0.25, -0.2) is 0 Å². The lowest BCUT2D eigenvalue weighted by molar-refractivity contribution is -0.279. The molecule has 0 aromatic carbocycles. The molecule has 1 rings (SSSR count). The van der Waals surface area contributed by atoms with Crippen molar-refractivity contribution in [3.8, 4) is 12.3 Å². The quantitative estimate of drug-likeness (QED) is 0.0652. The van der Waals surface area contributed by atoms with Crippen LogP contribution in [0.2, 0.25) is 0 Å². The highest BCUT2D eigenvalue weighted by molar-refractivity contribution is 5.77. The average Bonchev–Trinajstić information content (AvgIpc) is 2.92. The summed E-state index contributed by atoms with van der Waals surface area (Å²) >= 11 is 0. The van der Waals surface area contributed by atoms with Gasteiger partial charge < -0.3 is 53.3 Å². The Kier molecular flexibility index (Phi) is 19.5. The molecule has 1 saturated heterocycles. The van der Waals surface area contributed by atoms with E-state index in [-0.39, 0.29) is 52.2 Å². The number of esters is 3. The normalized spacial score (nSPS) is 21.2. The molecule has 1 heterocycles. The van der Waals surface area contributed by atoms with Crippen LogP contribution in [0.3, 0.4) is 0 Å². The number of ether oxygens (including phenoxy) is 9. The first-order chi connectivity index (χ1) is 20.5. The van der Waals surface area contributed by atoms with E-state index in [1.165, 1.54) is 13.8 Å². The van der Waals surface area contributed by atoms with Crippen molar-refractivity contribution >= 4 is 29.7 Å². The third kappa shape index (κ3) is 17.4. The predicted octanol–water partition coefficient (Wildman–Crippen LogP) is -1.53. The highest BCUT2D eigenvalue weighted by Gasteiger charge is 2.51. The summed E-state index contributed by atoms with van der Waals surface area (Å²) in [7, 11) is 0. The van der Waals surface area contributed by atoms with E-state index in [9.17, 15) is 24.0 Å². The Bertz CT molecular complexity index is 924. The summed E-state index contributed by atoms with van der Waals surface area (Å²) < 4.78 is 48.5. The molecule has 0 bridgehead atoms. The molecule has 16 nitrogen and oxygen atoms in total. The fourth-order valence-electron chi connectivity index (χ4n) is 3.71. The Morgan fingerprint density at radius 1 is 0.767 bits per heavy atom. The van der Waals surface area contributed by atoms with Gasteiger partial charge in [0, 0.05) is 34.2 Å². The molecular formula is C27H42N2O14. The molecule has 5 atom stereocenters. The first-order valence-corrected chi connectivity index (χ1v) is 13.6. The molecule has 1 aliphatic heterocycles. The monoisotopic (exact) mass is 618 g/mol. The van der Waals surface area contributed by atoms with Gasteiger partial charge >= 0.3 is 17.9 Å². The molecule has 0 saturated carbocycles. The van der Waals surface area contributed by atoms with Crippen molar-refractivity contribution in [1.29, 1.82) is 0 Å². The van der Waals surface area contributed by atoms with Gasteiger partial charge in [0.05, 0.1) is 46.2 Å². The zero-order valence-corrected chi connectivity index (χ0v) is 25.0. The number of carbonyl (C=O) groups excluding carboxylic acids is 5. The van der Waals surface area contributed by atoms with Crippen LogP contribution in [-0.2, 0) is 66.6 Å². The fourth-order valence-corrected chi connectivity index (χ4v) is 3.71. The van der Waals surface area contributed by atoms with E-state index in [2.05, 4.69) is 16.6 Å². The number of rotatable bonds is 21. The molecule has 0 aromatic rings. The summed E-state index contributed by atoms with van der Waals surface area (Å²) in [5.41, 5.74) is 0. The smallest absolute Gasteiger partial charge is 0.303 e. The summed E-state index contributed by atoms with van der Waals surface area (Å²) in [6, 6.07) is -1.08. The van der Waals surface area contributed by atoms with Crippen LogP contribution >= 0.6 is 0 Å². The number of hydrogen-bond donors (Lipinski definition) is 2. The van der Waals surface area contributed by atoms with Gasteiger partial charge in [-0.1, -0.05) is 5.92 Å². The molecule has 244 valence electrons. The van der Waals surface area contributed by atoms with Gasteiger partial charge in [0.2, 0.25) is 11.8 Å². The summed E-state index contributed by atoms with van der Waals surface area (Å²) in [4.78, 5) is 58.8. The lowest BCUT2D eigenvalue weighted by Crippen LogP contribution is -2.66. The van der Waals surface area contributed by atoms with Crippen molar-refractivity contribution in [2.45, 2.75) is 58.3 Å². The van der Waals surface area contributed by atoms with Crippen LogP contribution in [0, 0.1) is 12.3 Å². The Morgan fingerprint density at radius 3 is 2.00 bits per heavy atom. The maximum atomic E-state index is 11.9. The van der Waals surface area contributed by atoms with Gasteiger partial charge in [-0.2, -0.15) is 0 Å². The first-order valence-electron chi connectivity index (χ1n) is 13.6. The molecule has 0 radical (unpaired) electrons. The summed E-state index contributed by atoms with van der Waals surface area (Å²) in [6.45, 7) is 6.15. The number of nitrogens with one attached hydrogen (secondary N) is 2. The van der Waals surface area contributed by atoms with Crippen molar-refractivity contribution in [2.24, 2.45) is 0 Å². The second kappa shape index (κ2) is 22.2. The van der Waals surface area contributed by atoms with E-state index in [0.29, 0.717) is 26.4 Å². The molecule has 0 aromatic heterocycles. The zero-order chi connectivity index (χ0) is 32.0. The SMILES string of the molecule is C#CCOCCOCCNC(=O)COCCOCCOC1OC(COC(C)=O)C(OC(C)=O)C(OC(C)=O)C1NC(C)=O. The molecule has 2 N–H and O–H groups in total. The average molecular weight is 619 g/mol. The topological polar surface area (TPSA) is 192 Å². The maximum absolute atomic E-state index is 11.9. The van der Waals surface area contributed by atoms with E-state index in [1.54, 1.807) is 0 Å². The minimum Gasteiger partial charge on any atom is -0.463 e. The number of carbonyl (C=O) groups is 5. The second-order valence-electron chi connectivity index (χ2n) is 8.97. The number of hydrogen-bond acceptors (Lipinski definition) is 14. The predicted molar refractivity (Wildman–Crippen MR) is 145 cm³/mol. The van der Waals surface area contributed by atoms with Crippen molar-refractivity contribution in [3.05, 3.63) is 0 Å². The van der Waals surface area contributed by atoms with Crippen LogP contribution < -0.4 is 10.6 Å². The van der Waals surface area contributed by atoms with Gasteiger partial charge in [0.1, 0.15) is 32.0 Å². The van der Waals surface area contributed by atoms with E-state index in [1.807, 2.05) is 0 Å². The molecule has 5 unspecified atom stereocenters. The standard InChI is InChI=1S/C27H42N2O14/c1-6-8-35-10-11-36-9-7-28-23(34)17-38-13-12-37-14-15-39-27-24(29-18(2)30)26(42-21(5)33)25(41-20(4)32)22(43-27)16-40-19(3)31/h1,22,24-27H,7-17H2,2-5H3,(H,28,34)(H,29,30). The van der Waals surface area contributed by atoms with Crippen LogP contribution in [0.4, 0.5) is 0 Å². The fraction of sp³-hybridized carbons (Fsp3) is 0.741. The Balaban J connectivity index is 2.51. The van der Waals surface area contributed by atoms with Crippen LogP contribution in [0.15, 0.2) is 0 Å². The lowest BCUT2D eigenvalue weighted by atomic mass is 9.96. The van der Waals surface area contributed by atoms with Gasteiger partial charge in [-0.3, -0.25) is 24.0 Å².